The van der Waals surface area contributed by atoms with Crippen molar-refractivity contribution in [3.63, 3.8) is 0 Å². The molecule has 3 aromatic rings. The summed E-state index contributed by atoms with van der Waals surface area (Å²) in [4.78, 5) is 24.6. The molecule has 1 atom stereocenters. The summed E-state index contributed by atoms with van der Waals surface area (Å²) in [5, 5.41) is 10.7. The first-order chi connectivity index (χ1) is 13.9. The molecule has 3 rings (SSSR count). The number of halogens is 1. The molecular formula is C21H20ClN3O4. The quantitative estimate of drug-likeness (QED) is 0.580. The molecule has 7 nitrogen and oxygen atoms in total. The highest BCUT2D eigenvalue weighted by Gasteiger charge is 2.26. The second-order valence-electron chi connectivity index (χ2n) is 6.71. The van der Waals surface area contributed by atoms with Crippen LogP contribution >= 0.6 is 11.6 Å². The zero-order valence-corrected chi connectivity index (χ0v) is 16.7. The number of rotatable bonds is 7. The lowest BCUT2D eigenvalue weighted by Crippen LogP contribution is -2.26. The fourth-order valence-electron chi connectivity index (χ4n) is 2.82. The second kappa shape index (κ2) is 9.34. The summed E-state index contributed by atoms with van der Waals surface area (Å²) in [6.07, 6.45) is 0. The smallest absolute Gasteiger partial charge is 0.322 e. The Bertz CT molecular complexity index is 971. The van der Waals surface area contributed by atoms with Crippen LogP contribution in [0.3, 0.4) is 0 Å². The lowest BCUT2D eigenvalue weighted by molar-refractivity contribution is -0.149. The third-order valence-electron chi connectivity index (χ3n) is 4.19. The third kappa shape index (κ3) is 5.42. The van der Waals surface area contributed by atoms with Gasteiger partial charge in [-0.25, -0.2) is 0 Å². The standard InChI is InChI=1S/C21H20ClN3O4/c1-13(2)18(14-8-10-16(22)11-9-14)20(27)28-12-17(26)23-21-25-24-19(29-21)15-6-4-3-5-7-15/h3-11,13,18H,12H2,1-2H3,(H,23,25,26)/t18-/m0/s1. The van der Waals surface area contributed by atoms with E-state index in [2.05, 4.69) is 15.5 Å². The van der Waals surface area contributed by atoms with Gasteiger partial charge in [0.1, 0.15) is 0 Å². The zero-order valence-electron chi connectivity index (χ0n) is 16.0. The predicted molar refractivity (Wildman–Crippen MR) is 108 cm³/mol. The SMILES string of the molecule is CC(C)[C@H](C(=O)OCC(=O)Nc1nnc(-c2ccccc2)o1)c1ccc(Cl)cc1. The molecule has 0 saturated carbocycles. The first kappa shape index (κ1) is 20.5. The maximum absolute atomic E-state index is 12.5. The van der Waals surface area contributed by atoms with Crippen molar-refractivity contribution in [3.05, 3.63) is 65.2 Å². The molecule has 0 fully saturated rings. The van der Waals surface area contributed by atoms with Crippen LogP contribution < -0.4 is 5.32 Å². The molecule has 1 N–H and O–H groups in total. The summed E-state index contributed by atoms with van der Waals surface area (Å²) in [6.45, 7) is 3.35. The Hall–Kier alpha value is -3.19. The highest BCUT2D eigenvalue weighted by atomic mass is 35.5. The molecule has 0 unspecified atom stereocenters. The van der Waals surface area contributed by atoms with Crippen molar-refractivity contribution in [2.45, 2.75) is 19.8 Å². The molecule has 150 valence electrons. The molecule has 29 heavy (non-hydrogen) atoms. The van der Waals surface area contributed by atoms with Gasteiger partial charge in [-0.1, -0.05) is 60.9 Å². The lowest BCUT2D eigenvalue weighted by Gasteiger charge is -2.19. The Kier molecular flexibility index (Phi) is 6.61. The summed E-state index contributed by atoms with van der Waals surface area (Å²) in [5.74, 6) is -1.31. The first-order valence-corrected chi connectivity index (χ1v) is 9.42. The van der Waals surface area contributed by atoms with Gasteiger partial charge in [0, 0.05) is 10.6 Å². The van der Waals surface area contributed by atoms with Gasteiger partial charge in [-0.05, 0) is 35.7 Å². The number of hydrogen-bond donors (Lipinski definition) is 1. The number of amides is 1. The van der Waals surface area contributed by atoms with Crippen LogP contribution in [0.2, 0.25) is 5.02 Å². The molecule has 2 aromatic carbocycles. The molecule has 8 heteroatoms. The maximum atomic E-state index is 12.5. The number of esters is 1. The van der Waals surface area contributed by atoms with E-state index in [9.17, 15) is 9.59 Å². The number of ether oxygens (including phenoxy) is 1. The van der Waals surface area contributed by atoms with Crippen molar-refractivity contribution in [2.24, 2.45) is 5.92 Å². The number of hydrogen-bond acceptors (Lipinski definition) is 6. The minimum Gasteiger partial charge on any atom is -0.455 e. The van der Waals surface area contributed by atoms with Crippen LogP contribution in [-0.2, 0) is 14.3 Å². The van der Waals surface area contributed by atoms with Gasteiger partial charge in [0.2, 0.25) is 5.89 Å². The fourth-order valence-corrected chi connectivity index (χ4v) is 2.94. The van der Waals surface area contributed by atoms with E-state index in [1.165, 1.54) is 0 Å². The van der Waals surface area contributed by atoms with Crippen molar-refractivity contribution >= 4 is 29.5 Å². The highest BCUT2D eigenvalue weighted by Crippen LogP contribution is 2.27. The number of anilines is 1. The molecule has 0 aliphatic carbocycles. The molecule has 1 heterocycles. The molecule has 1 amide bonds. The third-order valence-corrected chi connectivity index (χ3v) is 4.44. The van der Waals surface area contributed by atoms with E-state index in [0.29, 0.717) is 5.02 Å². The van der Waals surface area contributed by atoms with Gasteiger partial charge in [-0.15, -0.1) is 5.10 Å². The lowest BCUT2D eigenvalue weighted by atomic mass is 9.88. The maximum Gasteiger partial charge on any atom is 0.322 e. The number of aromatic nitrogens is 2. The van der Waals surface area contributed by atoms with E-state index < -0.39 is 24.4 Å². The van der Waals surface area contributed by atoms with Gasteiger partial charge in [-0.2, -0.15) is 0 Å². The minimum absolute atomic E-state index is 0.0175. The molecule has 0 aliphatic heterocycles. The van der Waals surface area contributed by atoms with Crippen molar-refractivity contribution < 1.29 is 18.7 Å². The van der Waals surface area contributed by atoms with E-state index in [4.69, 9.17) is 20.8 Å². The monoisotopic (exact) mass is 413 g/mol. The summed E-state index contributed by atoms with van der Waals surface area (Å²) >= 11 is 5.91. The number of carbonyl (C=O) groups excluding carboxylic acids is 2. The largest absolute Gasteiger partial charge is 0.455 e. The van der Waals surface area contributed by atoms with E-state index in [0.717, 1.165) is 11.1 Å². The van der Waals surface area contributed by atoms with Gasteiger partial charge < -0.3 is 9.15 Å². The number of nitrogens with one attached hydrogen (secondary N) is 1. The summed E-state index contributed by atoms with van der Waals surface area (Å²) in [5.41, 5.74) is 1.51. The topological polar surface area (TPSA) is 94.3 Å². The Balaban J connectivity index is 1.57. The molecule has 0 aliphatic rings. The van der Waals surface area contributed by atoms with Gasteiger partial charge in [-0.3, -0.25) is 14.9 Å². The van der Waals surface area contributed by atoms with Gasteiger partial charge in [0.05, 0.1) is 5.92 Å². The second-order valence-corrected chi connectivity index (χ2v) is 7.14. The van der Waals surface area contributed by atoms with E-state index in [-0.39, 0.29) is 17.8 Å². The van der Waals surface area contributed by atoms with Crippen LogP contribution in [0.25, 0.3) is 11.5 Å². The number of benzene rings is 2. The van der Waals surface area contributed by atoms with Crippen LogP contribution in [0.1, 0.15) is 25.3 Å². The Morgan fingerprint density at radius 3 is 2.41 bits per heavy atom. The van der Waals surface area contributed by atoms with Crippen LogP contribution in [0, 0.1) is 5.92 Å². The van der Waals surface area contributed by atoms with Crippen molar-refractivity contribution in [1.82, 2.24) is 10.2 Å². The summed E-state index contributed by atoms with van der Waals surface area (Å²) < 4.78 is 10.6. The van der Waals surface area contributed by atoms with E-state index >= 15 is 0 Å². The van der Waals surface area contributed by atoms with Crippen molar-refractivity contribution in [3.8, 4) is 11.5 Å². The highest BCUT2D eigenvalue weighted by molar-refractivity contribution is 6.30. The Morgan fingerprint density at radius 2 is 1.76 bits per heavy atom. The molecule has 0 saturated heterocycles. The average Bonchev–Trinajstić information content (AvgIpc) is 3.17. The minimum atomic E-state index is -0.569. The summed E-state index contributed by atoms with van der Waals surface area (Å²) in [6, 6.07) is 16.1. The molecular weight excluding hydrogens is 394 g/mol. The van der Waals surface area contributed by atoms with Crippen LogP contribution in [0.4, 0.5) is 6.01 Å². The molecule has 0 radical (unpaired) electrons. The zero-order chi connectivity index (χ0) is 20.8. The first-order valence-electron chi connectivity index (χ1n) is 9.05. The van der Waals surface area contributed by atoms with Crippen molar-refractivity contribution in [2.75, 3.05) is 11.9 Å². The molecule has 0 bridgehead atoms. The predicted octanol–water partition coefficient (Wildman–Crippen LogP) is 4.31. The van der Waals surface area contributed by atoms with Crippen molar-refractivity contribution in [1.29, 1.82) is 0 Å². The van der Waals surface area contributed by atoms with Gasteiger partial charge in [0.15, 0.2) is 6.61 Å². The summed E-state index contributed by atoms with van der Waals surface area (Å²) in [7, 11) is 0. The van der Waals surface area contributed by atoms with Gasteiger partial charge >= 0.3 is 12.0 Å². The number of carbonyl (C=O) groups is 2. The average molecular weight is 414 g/mol. The van der Waals surface area contributed by atoms with Gasteiger partial charge in [0.25, 0.3) is 5.91 Å². The Labute approximate surface area is 173 Å². The molecule has 0 spiro atoms. The van der Waals surface area contributed by atoms with Crippen LogP contribution in [0.5, 0.6) is 0 Å². The van der Waals surface area contributed by atoms with Crippen LogP contribution in [0.15, 0.2) is 59.0 Å². The molecule has 1 aromatic heterocycles. The van der Waals surface area contributed by atoms with E-state index in [1.807, 2.05) is 44.2 Å². The Morgan fingerprint density at radius 1 is 1.07 bits per heavy atom. The van der Waals surface area contributed by atoms with E-state index in [1.54, 1.807) is 24.3 Å². The fraction of sp³-hybridized carbons (Fsp3) is 0.238. The van der Waals surface area contributed by atoms with Crippen LogP contribution in [-0.4, -0.2) is 28.7 Å². The number of nitrogens with zero attached hydrogens (tertiary/aromatic N) is 2. The normalized spacial score (nSPS) is 11.9.